The highest BCUT2D eigenvalue weighted by atomic mass is 16.5. The minimum atomic E-state index is -1.23. The molecule has 4 heteroatoms. The molecule has 17 heavy (non-hydrogen) atoms. The van der Waals surface area contributed by atoms with E-state index in [4.69, 9.17) is 10.5 Å². The summed E-state index contributed by atoms with van der Waals surface area (Å²) in [7, 11) is 0. The predicted molar refractivity (Wildman–Crippen MR) is 65.1 cm³/mol. The fourth-order valence-electron chi connectivity index (χ4n) is 1.29. The molecule has 0 spiro atoms. The summed E-state index contributed by atoms with van der Waals surface area (Å²) in [5.74, 6) is -0.583. The van der Waals surface area contributed by atoms with E-state index < -0.39 is 17.6 Å². The van der Waals surface area contributed by atoms with Gasteiger partial charge in [0.15, 0.2) is 0 Å². The van der Waals surface area contributed by atoms with Crippen LogP contribution in [-0.2, 0) is 16.1 Å². The number of ether oxygens (including phenoxy) is 1. The maximum atomic E-state index is 11.6. The standard InChI is InChI=1S/C13H19NO3/c1-3-13(2,16)11(14)12(15)17-9-10-7-5-4-6-8-10/h4-8,11,16H,3,9,14H2,1-2H3/t11-,13+/m1/s1. The van der Waals surface area contributed by atoms with Crippen LogP contribution in [0.4, 0.5) is 0 Å². The van der Waals surface area contributed by atoms with Crippen molar-refractivity contribution in [1.82, 2.24) is 0 Å². The monoisotopic (exact) mass is 237 g/mol. The van der Waals surface area contributed by atoms with Crippen LogP contribution in [0.1, 0.15) is 25.8 Å². The van der Waals surface area contributed by atoms with Gasteiger partial charge in [-0.25, -0.2) is 0 Å². The van der Waals surface area contributed by atoms with Gasteiger partial charge >= 0.3 is 5.97 Å². The Hall–Kier alpha value is -1.39. The number of rotatable bonds is 5. The molecule has 0 heterocycles. The van der Waals surface area contributed by atoms with Gasteiger partial charge in [-0.15, -0.1) is 0 Å². The summed E-state index contributed by atoms with van der Waals surface area (Å²) >= 11 is 0. The van der Waals surface area contributed by atoms with Gasteiger partial charge < -0.3 is 15.6 Å². The second-order valence-corrected chi connectivity index (χ2v) is 4.28. The summed E-state index contributed by atoms with van der Waals surface area (Å²) < 4.78 is 5.05. The van der Waals surface area contributed by atoms with Crippen LogP contribution in [-0.4, -0.2) is 22.7 Å². The first-order valence-corrected chi connectivity index (χ1v) is 5.66. The van der Waals surface area contributed by atoms with Crippen LogP contribution in [0.25, 0.3) is 0 Å². The maximum absolute atomic E-state index is 11.6. The summed E-state index contributed by atoms with van der Waals surface area (Å²) in [5, 5.41) is 9.83. The molecular weight excluding hydrogens is 218 g/mol. The van der Waals surface area contributed by atoms with Crippen molar-refractivity contribution < 1.29 is 14.6 Å². The van der Waals surface area contributed by atoms with Gasteiger partial charge in [-0.05, 0) is 18.9 Å². The largest absolute Gasteiger partial charge is 0.460 e. The molecule has 2 atom stereocenters. The minimum Gasteiger partial charge on any atom is -0.460 e. The third-order valence-electron chi connectivity index (χ3n) is 2.86. The molecule has 3 N–H and O–H groups in total. The fourth-order valence-corrected chi connectivity index (χ4v) is 1.29. The molecule has 0 fully saturated rings. The van der Waals surface area contributed by atoms with Crippen LogP contribution in [0, 0.1) is 0 Å². The van der Waals surface area contributed by atoms with E-state index in [-0.39, 0.29) is 6.61 Å². The zero-order chi connectivity index (χ0) is 12.9. The van der Waals surface area contributed by atoms with Gasteiger partial charge in [0.25, 0.3) is 0 Å². The second kappa shape index (κ2) is 5.80. The van der Waals surface area contributed by atoms with E-state index in [1.54, 1.807) is 6.92 Å². The van der Waals surface area contributed by atoms with Gasteiger partial charge in [0.1, 0.15) is 12.6 Å². The number of nitrogens with two attached hydrogens (primary N) is 1. The summed E-state index contributed by atoms with van der Waals surface area (Å²) in [6.07, 6.45) is 0.397. The van der Waals surface area contributed by atoms with Crippen molar-refractivity contribution >= 4 is 5.97 Å². The van der Waals surface area contributed by atoms with E-state index >= 15 is 0 Å². The number of hydrogen-bond donors (Lipinski definition) is 2. The molecule has 0 aromatic heterocycles. The Balaban J connectivity index is 2.51. The first-order chi connectivity index (χ1) is 7.97. The molecule has 0 aliphatic rings. The Bertz CT molecular complexity index is 362. The van der Waals surface area contributed by atoms with Crippen LogP contribution < -0.4 is 5.73 Å². The van der Waals surface area contributed by atoms with E-state index in [1.807, 2.05) is 30.3 Å². The molecule has 0 saturated carbocycles. The molecule has 0 bridgehead atoms. The lowest BCUT2D eigenvalue weighted by Crippen LogP contribution is -2.51. The fraction of sp³-hybridized carbons (Fsp3) is 0.462. The molecule has 1 aromatic carbocycles. The van der Waals surface area contributed by atoms with Crippen LogP contribution in [0.2, 0.25) is 0 Å². The number of aliphatic hydroxyl groups is 1. The van der Waals surface area contributed by atoms with E-state index in [0.29, 0.717) is 6.42 Å². The van der Waals surface area contributed by atoms with E-state index in [0.717, 1.165) is 5.56 Å². The average molecular weight is 237 g/mol. The normalized spacial score (nSPS) is 16.0. The van der Waals surface area contributed by atoms with Crippen LogP contribution in [0.5, 0.6) is 0 Å². The van der Waals surface area contributed by atoms with Crippen LogP contribution in [0.15, 0.2) is 30.3 Å². The summed E-state index contributed by atoms with van der Waals surface area (Å²) in [5.41, 5.74) is 5.31. The topological polar surface area (TPSA) is 72.5 Å². The Morgan fingerprint density at radius 3 is 2.59 bits per heavy atom. The zero-order valence-electron chi connectivity index (χ0n) is 10.2. The number of carbonyl (C=O) groups is 1. The van der Waals surface area contributed by atoms with Gasteiger partial charge in [0, 0.05) is 0 Å². The number of hydrogen-bond acceptors (Lipinski definition) is 4. The number of esters is 1. The predicted octanol–water partition coefficient (Wildman–Crippen LogP) is 1.22. The Labute approximate surface area is 101 Å². The highest BCUT2D eigenvalue weighted by Crippen LogP contribution is 2.14. The molecule has 0 unspecified atom stereocenters. The first kappa shape index (κ1) is 13.7. The van der Waals surface area contributed by atoms with Crippen molar-refractivity contribution in [3.63, 3.8) is 0 Å². The minimum absolute atomic E-state index is 0.174. The maximum Gasteiger partial charge on any atom is 0.326 e. The molecular formula is C13H19NO3. The molecule has 0 aliphatic heterocycles. The highest BCUT2D eigenvalue weighted by Gasteiger charge is 2.33. The van der Waals surface area contributed by atoms with E-state index in [2.05, 4.69) is 0 Å². The average Bonchev–Trinajstić information content (AvgIpc) is 2.36. The molecule has 4 nitrogen and oxygen atoms in total. The van der Waals surface area contributed by atoms with Gasteiger partial charge in [-0.1, -0.05) is 37.3 Å². The van der Waals surface area contributed by atoms with Gasteiger partial charge in [-0.2, -0.15) is 0 Å². The highest BCUT2D eigenvalue weighted by molar-refractivity contribution is 5.77. The molecule has 0 amide bonds. The van der Waals surface area contributed by atoms with Crippen LogP contribution in [0.3, 0.4) is 0 Å². The Morgan fingerprint density at radius 2 is 2.06 bits per heavy atom. The van der Waals surface area contributed by atoms with Gasteiger partial charge in [0.05, 0.1) is 5.60 Å². The third kappa shape index (κ3) is 3.84. The molecule has 0 radical (unpaired) electrons. The second-order valence-electron chi connectivity index (χ2n) is 4.28. The lowest BCUT2D eigenvalue weighted by molar-refractivity contribution is -0.152. The van der Waals surface area contributed by atoms with Gasteiger partial charge in [-0.3, -0.25) is 4.79 Å². The molecule has 1 rings (SSSR count). The molecule has 1 aromatic rings. The first-order valence-electron chi connectivity index (χ1n) is 5.66. The number of benzene rings is 1. The number of carbonyl (C=O) groups excluding carboxylic acids is 1. The molecule has 0 saturated heterocycles. The smallest absolute Gasteiger partial charge is 0.326 e. The van der Waals surface area contributed by atoms with Crippen molar-refractivity contribution in [3.05, 3.63) is 35.9 Å². The van der Waals surface area contributed by atoms with Crippen molar-refractivity contribution in [2.75, 3.05) is 0 Å². The van der Waals surface area contributed by atoms with E-state index in [9.17, 15) is 9.90 Å². The Kier molecular flexibility index (Phi) is 4.66. The van der Waals surface area contributed by atoms with Gasteiger partial charge in [0.2, 0.25) is 0 Å². The third-order valence-corrected chi connectivity index (χ3v) is 2.86. The van der Waals surface area contributed by atoms with Crippen molar-refractivity contribution in [3.8, 4) is 0 Å². The van der Waals surface area contributed by atoms with E-state index in [1.165, 1.54) is 6.92 Å². The summed E-state index contributed by atoms with van der Waals surface area (Å²) in [4.78, 5) is 11.6. The Morgan fingerprint density at radius 1 is 1.47 bits per heavy atom. The quantitative estimate of drug-likeness (QED) is 0.755. The van der Waals surface area contributed by atoms with Crippen molar-refractivity contribution in [1.29, 1.82) is 0 Å². The molecule has 0 aliphatic carbocycles. The SMILES string of the molecule is CC[C@](C)(O)[C@H](N)C(=O)OCc1ccccc1. The van der Waals surface area contributed by atoms with Crippen LogP contribution >= 0.6 is 0 Å². The summed E-state index contributed by atoms with van der Waals surface area (Å²) in [6, 6.07) is 8.32. The van der Waals surface area contributed by atoms with Crippen molar-refractivity contribution in [2.24, 2.45) is 5.73 Å². The molecule has 94 valence electrons. The lowest BCUT2D eigenvalue weighted by Gasteiger charge is -2.26. The zero-order valence-corrected chi connectivity index (χ0v) is 10.2. The van der Waals surface area contributed by atoms with Crippen molar-refractivity contribution in [2.45, 2.75) is 38.5 Å². The summed E-state index contributed by atoms with van der Waals surface area (Å²) in [6.45, 7) is 3.47. The lowest BCUT2D eigenvalue weighted by atomic mass is 9.94.